The topological polar surface area (TPSA) is 38.8 Å². The molecule has 1 aliphatic heterocycles. The summed E-state index contributed by atoms with van der Waals surface area (Å²) in [4.78, 5) is 14.3. The Morgan fingerprint density at radius 3 is 2.44 bits per heavy atom. The maximum Gasteiger partial charge on any atom is 0.238 e. The monoisotopic (exact) mass is 423 g/mol. The Labute approximate surface area is 160 Å². The van der Waals surface area contributed by atoms with Crippen molar-refractivity contribution in [2.24, 2.45) is 0 Å². The molecule has 1 atom stereocenters. The second kappa shape index (κ2) is 7.67. The Bertz CT molecular complexity index is 779. The van der Waals surface area contributed by atoms with Crippen molar-refractivity contribution < 1.29 is 14.3 Å². The summed E-state index contributed by atoms with van der Waals surface area (Å²) in [5.41, 5.74) is 3.24. The van der Waals surface area contributed by atoms with E-state index in [0.717, 1.165) is 27.6 Å². The molecule has 3 rings (SSSR count). The number of methoxy groups -OCH3 is 2. The Morgan fingerprint density at radius 2 is 1.84 bits per heavy atom. The third-order valence-electron chi connectivity index (χ3n) is 4.49. The molecule has 2 aromatic carbocycles. The number of amides is 1. The molecule has 25 heavy (non-hydrogen) atoms. The first kappa shape index (κ1) is 18.1. The van der Waals surface area contributed by atoms with Gasteiger partial charge in [0, 0.05) is 11.0 Å². The summed E-state index contributed by atoms with van der Waals surface area (Å²) >= 11 is 9.32. The SMILES string of the molecule is COc1cc2c(cc1OC)C(c1ccc(Br)cc1)N(C(=O)CCl)CC2. The molecular weight excluding hydrogens is 406 g/mol. The summed E-state index contributed by atoms with van der Waals surface area (Å²) in [6.07, 6.45) is 0.755. The van der Waals surface area contributed by atoms with Gasteiger partial charge in [-0.25, -0.2) is 0 Å². The van der Waals surface area contributed by atoms with E-state index in [4.69, 9.17) is 21.1 Å². The average molecular weight is 425 g/mol. The van der Waals surface area contributed by atoms with Gasteiger partial charge in [-0.1, -0.05) is 28.1 Å². The van der Waals surface area contributed by atoms with Gasteiger partial charge in [0.05, 0.1) is 20.3 Å². The van der Waals surface area contributed by atoms with Gasteiger partial charge in [-0.2, -0.15) is 0 Å². The quantitative estimate of drug-likeness (QED) is 0.691. The lowest BCUT2D eigenvalue weighted by atomic mass is 9.87. The molecule has 1 amide bonds. The van der Waals surface area contributed by atoms with Crippen molar-refractivity contribution in [3.63, 3.8) is 0 Å². The maximum atomic E-state index is 12.4. The van der Waals surface area contributed by atoms with Crippen LogP contribution in [0.2, 0.25) is 0 Å². The first-order chi connectivity index (χ1) is 12.1. The van der Waals surface area contributed by atoms with E-state index in [1.807, 2.05) is 41.3 Å². The molecule has 132 valence electrons. The van der Waals surface area contributed by atoms with Crippen LogP contribution in [-0.4, -0.2) is 37.5 Å². The number of nitrogens with zero attached hydrogens (tertiary/aromatic N) is 1. The fourth-order valence-electron chi connectivity index (χ4n) is 3.30. The Hall–Kier alpha value is -1.72. The third kappa shape index (κ3) is 3.48. The Kier molecular flexibility index (Phi) is 5.54. The summed E-state index contributed by atoms with van der Waals surface area (Å²) < 4.78 is 11.9. The standard InChI is InChI=1S/C19H19BrClNO3/c1-24-16-9-13-7-8-22(18(23)11-21)19(15(13)10-17(16)25-2)12-3-5-14(20)6-4-12/h3-6,9-10,19H,7-8,11H2,1-2H3. The molecule has 0 radical (unpaired) electrons. The zero-order valence-electron chi connectivity index (χ0n) is 14.1. The van der Waals surface area contributed by atoms with Gasteiger partial charge >= 0.3 is 0 Å². The number of fused-ring (bicyclic) bond motifs is 1. The minimum Gasteiger partial charge on any atom is -0.493 e. The van der Waals surface area contributed by atoms with Crippen LogP contribution in [0.1, 0.15) is 22.7 Å². The average Bonchev–Trinajstić information content (AvgIpc) is 2.66. The van der Waals surface area contributed by atoms with Crippen molar-refractivity contribution in [3.05, 3.63) is 57.6 Å². The highest BCUT2D eigenvalue weighted by Gasteiger charge is 2.32. The van der Waals surface area contributed by atoms with Crippen LogP contribution in [0, 0.1) is 0 Å². The summed E-state index contributed by atoms with van der Waals surface area (Å²) in [7, 11) is 3.24. The van der Waals surface area contributed by atoms with E-state index in [2.05, 4.69) is 15.9 Å². The number of benzene rings is 2. The highest BCUT2D eigenvalue weighted by Crippen LogP contribution is 2.41. The number of ether oxygens (including phenoxy) is 2. The van der Waals surface area contributed by atoms with E-state index in [1.54, 1.807) is 14.2 Å². The molecule has 0 aliphatic carbocycles. The second-order valence-electron chi connectivity index (χ2n) is 5.83. The van der Waals surface area contributed by atoms with Crippen molar-refractivity contribution in [2.45, 2.75) is 12.5 Å². The summed E-state index contributed by atoms with van der Waals surface area (Å²) in [6.45, 7) is 0.620. The fourth-order valence-corrected chi connectivity index (χ4v) is 3.71. The normalized spacial score (nSPS) is 16.3. The maximum absolute atomic E-state index is 12.4. The molecule has 0 saturated heterocycles. The Balaban J connectivity index is 2.15. The van der Waals surface area contributed by atoms with Crippen LogP contribution in [0.15, 0.2) is 40.9 Å². The number of hydrogen-bond acceptors (Lipinski definition) is 3. The van der Waals surface area contributed by atoms with Gasteiger partial charge in [-0.05, 0) is 47.4 Å². The number of halogens is 2. The van der Waals surface area contributed by atoms with Gasteiger partial charge in [0.1, 0.15) is 5.88 Å². The lowest BCUT2D eigenvalue weighted by molar-refractivity contribution is -0.130. The smallest absolute Gasteiger partial charge is 0.238 e. The lowest BCUT2D eigenvalue weighted by Crippen LogP contribution is -2.41. The minimum absolute atomic E-state index is 0.0321. The molecule has 1 heterocycles. The van der Waals surface area contributed by atoms with Crippen LogP contribution in [0.5, 0.6) is 11.5 Å². The third-order valence-corrected chi connectivity index (χ3v) is 5.25. The van der Waals surface area contributed by atoms with Crippen molar-refractivity contribution in [1.82, 2.24) is 4.90 Å². The highest BCUT2D eigenvalue weighted by molar-refractivity contribution is 9.10. The van der Waals surface area contributed by atoms with Crippen LogP contribution in [0.25, 0.3) is 0 Å². The van der Waals surface area contributed by atoms with Gasteiger partial charge in [0.25, 0.3) is 0 Å². The molecule has 0 bridgehead atoms. The van der Waals surface area contributed by atoms with Crippen LogP contribution < -0.4 is 9.47 Å². The van der Waals surface area contributed by atoms with Crippen molar-refractivity contribution in [2.75, 3.05) is 26.6 Å². The first-order valence-corrected chi connectivity index (χ1v) is 9.27. The van der Waals surface area contributed by atoms with Crippen LogP contribution in [0.4, 0.5) is 0 Å². The molecule has 1 aliphatic rings. The molecule has 2 aromatic rings. The summed E-state index contributed by atoms with van der Waals surface area (Å²) in [6, 6.07) is 11.8. The molecule has 0 fully saturated rings. The van der Waals surface area contributed by atoms with Gasteiger partial charge in [0.15, 0.2) is 11.5 Å². The van der Waals surface area contributed by atoms with Crippen molar-refractivity contribution in [1.29, 1.82) is 0 Å². The van der Waals surface area contributed by atoms with E-state index in [1.165, 1.54) is 0 Å². The van der Waals surface area contributed by atoms with Gasteiger partial charge in [-0.15, -0.1) is 11.6 Å². The number of rotatable bonds is 4. The van der Waals surface area contributed by atoms with E-state index < -0.39 is 0 Å². The molecule has 6 heteroatoms. The lowest BCUT2D eigenvalue weighted by Gasteiger charge is -2.38. The number of alkyl halides is 1. The molecule has 4 nitrogen and oxygen atoms in total. The zero-order valence-corrected chi connectivity index (χ0v) is 16.4. The van der Waals surface area contributed by atoms with E-state index in [-0.39, 0.29) is 17.8 Å². The molecule has 0 spiro atoms. The van der Waals surface area contributed by atoms with Crippen molar-refractivity contribution in [3.8, 4) is 11.5 Å². The van der Waals surface area contributed by atoms with E-state index >= 15 is 0 Å². The number of carbonyl (C=O) groups is 1. The zero-order chi connectivity index (χ0) is 18.0. The Morgan fingerprint density at radius 1 is 1.20 bits per heavy atom. The summed E-state index contributed by atoms with van der Waals surface area (Å²) in [5.74, 6) is 1.25. The van der Waals surface area contributed by atoms with Gasteiger partial charge in [-0.3, -0.25) is 4.79 Å². The van der Waals surface area contributed by atoms with E-state index in [9.17, 15) is 4.79 Å². The predicted octanol–water partition coefficient (Wildman–Crippen LogP) is 4.18. The van der Waals surface area contributed by atoms with Gasteiger partial charge < -0.3 is 14.4 Å². The van der Waals surface area contributed by atoms with Crippen molar-refractivity contribution >= 4 is 33.4 Å². The fraction of sp³-hybridized carbons (Fsp3) is 0.316. The molecule has 1 unspecified atom stereocenters. The van der Waals surface area contributed by atoms with E-state index in [0.29, 0.717) is 18.0 Å². The first-order valence-electron chi connectivity index (χ1n) is 7.94. The molecule has 0 N–H and O–H groups in total. The minimum atomic E-state index is -0.192. The van der Waals surface area contributed by atoms with Gasteiger partial charge in [0.2, 0.25) is 5.91 Å². The molecule has 0 saturated carbocycles. The van der Waals surface area contributed by atoms with Crippen LogP contribution in [0.3, 0.4) is 0 Å². The summed E-state index contributed by atoms with van der Waals surface area (Å²) in [5, 5.41) is 0. The predicted molar refractivity (Wildman–Crippen MR) is 102 cm³/mol. The number of carbonyl (C=O) groups excluding carboxylic acids is 1. The highest BCUT2D eigenvalue weighted by atomic mass is 79.9. The molecular formula is C19H19BrClNO3. The molecule has 0 aromatic heterocycles. The van der Waals surface area contributed by atoms with Crippen LogP contribution in [-0.2, 0) is 11.2 Å². The van der Waals surface area contributed by atoms with Crippen LogP contribution >= 0.6 is 27.5 Å². The second-order valence-corrected chi connectivity index (χ2v) is 7.01. The number of hydrogen-bond donors (Lipinski definition) is 0. The largest absolute Gasteiger partial charge is 0.493 e.